The van der Waals surface area contributed by atoms with Crippen LogP contribution in [0.5, 0.6) is 5.75 Å². The summed E-state index contributed by atoms with van der Waals surface area (Å²) in [5.74, 6) is 0.918. The predicted molar refractivity (Wildman–Crippen MR) is 272 cm³/mol. The highest BCUT2D eigenvalue weighted by atomic mass is 32.1. The van der Waals surface area contributed by atoms with Crippen LogP contribution in [0.1, 0.15) is 129 Å². The van der Waals surface area contributed by atoms with Gasteiger partial charge in [-0.3, -0.25) is 0 Å². The van der Waals surface area contributed by atoms with Crippen molar-refractivity contribution in [3.05, 3.63) is 160 Å². The minimum Gasteiger partial charge on any atom is -0.472 e. The molecule has 4 heterocycles. The van der Waals surface area contributed by atoms with E-state index in [1.54, 1.807) is 0 Å². The molecule has 9 rings (SSSR count). The fourth-order valence-electron chi connectivity index (χ4n) is 9.66. The number of aryl methyl sites for hydroxylation is 4. The average molecular weight is 885 g/mol. The first kappa shape index (κ1) is 43.4. The molecule has 0 spiro atoms. The minimum atomic E-state index is -0.836. The van der Waals surface area contributed by atoms with Gasteiger partial charge in [0.25, 0.3) is 0 Å². The van der Waals surface area contributed by atoms with Crippen molar-refractivity contribution in [3.63, 3.8) is 0 Å². The average Bonchev–Trinajstić information content (AvgIpc) is 4.07. The summed E-state index contributed by atoms with van der Waals surface area (Å²) < 4.78 is 17.4. The van der Waals surface area contributed by atoms with Gasteiger partial charge >= 0.3 is 0 Å². The summed E-state index contributed by atoms with van der Waals surface area (Å²) in [6.07, 6.45) is 17.8. The first-order valence-electron chi connectivity index (χ1n) is 23.5. The van der Waals surface area contributed by atoms with Gasteiger partial charge in [-0.05, 0) is 91.6 Å². The fraction of sp³-hybridized carbons (Fsp3) is 0.333. The Balaban J connectivity index is 1.13. The molecule has 63 heavy (non-hydrogen) atoms. The second-order valence-corrected chi connectivity index (χ2v) is 20.4. The lowest BCUT2D eigenvalue weighted by molar-refractivity contribution is 0.152. The summed E-state index contributed by atoms with van der Waals surface area (Å²) in [4.78, 5) is 5.33. The Hall–Kier alpha value is -4.88. The number of ether oxygens (including phenoxy) is 1. The molecule has 1 aliphatic heterocycles. The number of nitrogens with zero attached hydrogens (tertiary/aromatic N) is 2. The summed E-state index contributed by atoms with van der Waals surface area (Å²) in [6, 6.07) is 45.0. The summed E-state index contributed by atoms with van der Waals surface area (Å²) in [7, 11) is 0. The van der Waals surface area contributed by atoms with E-state index in [1.807, 2.05) is 22.7 Å². The normalized spacial score (nSPS) is 13.0. The number of unbranched alkanes of at least 4 members (excludes halogenated alkanes) is 10. The second-order valence-electron chi connectivity index (χ2n) is 17.6. The fourth-order valence-corrected chi connectivity index (χ4v) is 12.6. The molecule has 6 heteroatoms. The number of rotatable bonds is 19. The molecule has 3 nitrogen and oxygen atoms in total. The molecular weight excluding hydrogens is 825 g/mol. The molecule has 0 amide bonds. The topological polar surface area (TPSA) is 35.0 Å². The monoisotopic (exact) mass is 884 g/mol. The van der Waals surface area contributed by atoms with E-state index in [0.717, 1.165) is 46.3 Å². The van der Waals surface area contributed by atoms with Crippen molar-refractivity contribution >= 4 is 45.4 Å². The predicted octanol–water partition coefficient (Wildman–Crippen LogP) is 17.6. The van der Waals surface area contributed by atoms with Crippen molar-refractivity contribution in [3.8, 4) is 48.2 Å². The number of thiophene rings is 2. The van der Waals surface area contributed by atoms with E-state index in [2.05, 4.69) is 149 Å². The number of hydrogen-bond donors (Lipinski definition) is 0. The molecule has 322 valence electrons. The summed E-state index contributed by atoms with van der Waals surface area (Å²) in [6.45, 7) is 9.02. The molecule has 0 fully saturated rings. The van der Waals surface area contributed by atoms with Gasteiger partial charge in [-0.1, -0.05) is 175 Å². The van der Waals surface area contributed by atoms with Crippen LogP contribution in [0, 0.1) is 13.8 Å². The molecule has 0 bridgehead atoms. The summed E-state index contributed by atoms with van der Waals surface area (Å²) in [5, 5.41) is 0. The van der Waals surface area contributed by atoms with Gasteiger partial charge in [-0.2, -0.15) is 8.75 Å². The highest BCUT2D eigenvalue weighted by Gasteiger charge is 2.44. The van der Waals surface area contributed by atoms with Crippen molar-refractivity contribution < 1.29 is 4.74 Å². The van der Waals surface area contributed by atoms with Crippen LogP contribution in [-0.2, 0) is 18.4 Å². The third-order valence-corrected chi connectivity index (χ3v) is 16.0. The zero-order chi connectivity index (χ0) is 43.2. The van der Waals surface area contributed by atoms with Gasteiger partial charge in [0, 0.05) is 52.9 Å². The Labute approximate surface area is 387 Å². The highest BCUT2D eigenvalue weighted by Crippen LogP contribution is 2.53. The lowest BCUT2D eigenvalue weighted by atomic mass is 9.74. The van der Waals surface area contributed by atoms with Gasteiger partial charge in [0.05, 0.1) is 11.7 Å². The van der Waals surface area contributed by atoms with E-state index in [9.17, 15) is 0 Å². The third kappa shape index (κ3) is 8.97. The zero-order valence-corrected chi connectivity index (χ0v) is 39.9. The molecule has 0 unspecified atom stereocenters. The Bertz CT molecular complexity index is 2740. The maximum atomic E-state index is 7.43. The van der Waals surface area contributed by atoms with Crippen LogP contribution in [-0.4, -0.2) is 8.75 Å². The van der Waals surface area contributed by atoms with Crippen LogP contribution in [0.25, 0.3) is 53.5 Å². The molecular formula is C57H60N2OS3. The van der Waals surface area contributed by atoms with Crippen LogP contribution in [0.4, 0.5) is 0 Å². The number of fused-ring (bicyclic) bond motifs is 4. The van der Waals surface area contributed by atoms with Gasteiger partial charge < -0.3 is 4.74 Å². The Morgan fingerprint density at radius 3 is 1.68 bits per heavy atom. The lowest BCUT2D eigenvalue weighted by Crippen LogP contribution is -2.38. The maximum Gasteiger partial charge on any atom is 0.185 e. The van der Waals surface area contributed by atoms with Gasteiger partial charge in [0.2, 0.25) is 0 Å². The SMILES string of the molecule is CCCCCCCCc1cc(-c2ccc(-c3cc(CCCCCCCC)c(-c4ccc5c(c4)C(c4ccccc4)(c4ccccc4)Oc4cc(C)ccc4-5)s3)c3nsnc23)sc1C. The highest BCUT2D eigenvalue weighted by molar-refractivity contribution is 7.19. The number of benzene rings is 5. The third-order valence-electron chi connectivity index (χ3n) is 13.1. The standard InChI is InChI=1S/C57H60N2OS3/c1-5-7-9-11-13-17-23-41-37-52(61-40(41)4)48-33-34-49(55-54(48)58-63-59-55)53-38-42(24-18-14-12-10-8-6-2)56(62-53)43-30-32-46-47-31-29-39(3)35-51(47)60-57(50(46)36-43,44-25-19-15-20-26-44)45-27-21-16-22-28-45/h15-16,19-22,25-38H,5-14,17-18,23-24H2,1-4H3. The van der Waals surface area contributed by atoms with E-state index in [-0.39, 0.29) is 0 Å². The largest absolute Gasteiger partial charge is 0.472 e. The maximum absolute atomic E-state index is 7.43. The van der Waals surface area contributed by atoms with Crippen molar-refractivity contribution in [2.24, 2.45) is 0 Å². The molecule has 0 N–H and O–H groups in total. The van der Waals surface area contributed by atoms with E-state index in [0.29, 0.717) is 0 Å². The van der Waals surface area contributed by atoms with Crippen molar-refractivity contribution in [1.29, 1.82) is 0 Å². The smallest absolute Gasteiger partial charge is 0.185 e. The first-order chi connectivity index (χ1) is 31.0. The molecule has 8 aromatic rings. The quantitative estimate of drug-likeness (QED) is 0.0759. The van der Waals surface area contributed by atoms with Gasteiger partial charge in [-0.25, -0.2) is 0 Å². The first-order valence-corrected chi connectivity index (χ1v) is 25.9. The molecule has 0 atom stereocenters. The zero-order valence-electron chi connectivity index (χ0n) is 37.5. The van der Waals surface area contributed by atoms with E-state index >= 15 is 0 Å². The van der Waals surface area contributed by atoms with Gasteiger partial charge in [-0.15, -0.1) is 22.7 Å². The Morgan fingerprint density at radius 2 is 1.05 bits per heavy atom. The van der Waals surface area contributed by atoms with Crippen LogP contribution in [0.3, 0.4) is 0 Å². The molecule has 0 saturated heterocycles. The molecule has 0 saturated carbocycles. The summed E-state index contributed by atoms with van der Waals surface area (Å²) in [5.41, 5.74) is 14.7. The summed E-state index contributed by atoms with van der Waals surface area (Å²) >= 11 is 5.16. The minimum absolute atomic E-state index is 0.836. The molecule has 3 aromatic heterocycles. The van der Waals surface area contributed by atoms with Crippen molar-refractivity contribution in [2.75, 3.05) is 0 Å². The van der Waals surface area contributed by atoms with Crippen LogP contribution in [0.15, 0.2) is 121 Å². The number of aromatic nitrogens is 2. The van der Waals surface area contributed by atoms with Crippen molar-refractivity contribution in [1.82, 2.24) is 8.75 Å². The van der Waals surface area contributed by atoms with Gasteiger partial charge in [0.1, 0.15) is 16.8 Å². The molecule has 0 aliphatic carbocycles. The lowest BCUT2D eigenvalue weighted by Gasteiger charge is -2.41. The van der Waals surface area contributed by atoms with Crippen molar-refractivity contribution in [2.45, 2.75) is 123 Å². The molecule has 0 radical (unpaired) electrons. The Kier molecular flexibility index (Phi) is 13.7. The molecule has 1 aliphatic rings. The second kappa shape index (κ2) is 19.9. The van der Waals surface area contributed by atoms with Gasteiger partial charge in [0.15, 0.2) is 5.60 Å². The van der Waals surface area contributed by atoms with Crippen LogP contribution in [0.2, 0.25) is 0 Å². The van der Waals surface area contributed by atoms with E-state index < -0.39 is 5.60 Å². The van der Waals surface area contributed by atoms with Crippen LogP contribution < -0.4 is 4.74 Å². The molecule has 5 aromatic carbocycles. The Morgan fingerprint density at radius 1 is 0.508 bits per heavy atom. The van der Waals surface area contributed by atoms with E-state index in [4.69, 9.17) is 13.5 Å². The van der Waals surface area contributed by atoms with E-state index in [1.165, 1.54) is 153 Å². The van der Waals surface area contributed by atoms with Crippen LogP contribution >= 0.6 is 34.4 Å². The number of hydrogen-bond acceptors (Lipinski definition) is 6.